The van der Waals surface area contributed by atoms with E-state index in [0.29, 0.717) is 28.1 Å². The second-order valence-corrected chi connectivity index (χ2v) is 8.72. The van der Waals surface area contributed by atoms with Crippen molar-refractivity contribution in [1.29, 1.82) is 0 Å². The predicted octanol–water partition coefficient (Wildman–Crippen LogP) is 2.13. The van der Waals surface area contributed by atoms with Gasteiger partial charge in [-0.05, 0) is 26.1 Å². The van der Waals surface area contributed by atoms with Crippen LogP contribution in [-0.4, -0.2) is 55.8 Å². The minimum absolute atomic E-state index is 0.334. The maximum Gasteiger partial charge on any atom is 0.254 e. The van der Waals surface area contributed by atoms with Crippen molar-refractivity contribution in [2.24, 2.45) is 0 Å². The van der Waals surface area contributed by atoms with Crippen molar-refractivity contribution in [3.8, 4) is 0 Å². The first-order valence-electron chi connectivity index (χ1n) is 7.45. The number of rotatable bonds is 4. The number of likely N-dealkylation sites (N-methyl/N-ethyl adjacent to an activating group) is 1. The number of benzene rings is 1. The second-order valence-electron chi connectivity index (χ2n) is 5.59. The Morgan fingerprint density at radius 1 is 1.13 bits per heavy atom. The number of hydrogen-bond acceptors (Lipinski definition) is 6. The molecule has 1 aliphatic heterocycles. The first-order valence-corrected chi connectivity index (χ1v) is 9.70. The molecule has 1 N–H and O–H groups in total. The van der Waals surface area contributed by atoms with Crippen molar-refractivity contribution < 1.29 is 8.42 Å². The Labute approximate surface area is 140 Å². The Morgan fingerprint density at radius 3 is 2.43 bits per heavy atom. The van der Waals surface area contributed by atoms with Gasteiger partial charge in [-0.25, -0.2) is 13.4 Å². The van der Waals surface area contributed by atoms with Gasteiger partial charge >= 0.3 is 0 Å². The third-order valence-corrected chi connectivity index (χ3v) is 7.37. The van der Waals surface area contributed by atoms with Gasteiger partial charge in [0.1, 0.15) is 0 Å². The third kappa shape index (κ3) is 3.55. The van der Waals surface area contributed by atoms with Crippen LogP contribution in [0.25, 0.3) is 0 Å². The quantitative estimate of drug-likeness (QED) is 0.913. The summed E-state index contributed by atoms with van der Waals surface area (Å²) in [4.78, 5) is 6.51. The molecule has 0 radical (unpaired) electrons. The number of piperazine rings is 1. The molecule has 6 nitrogen and oxygen atoms in total. The highest BCUT2D eigenvalue weighted by atomic mass is 32.2. The van der Waals surface area contributed by atoms with Crippen LogP contribution in [0.15, 0.2) is 34.5 Å². The Kier molecular flexibility index (Phi) is 4.67. The zero-order valence-electron chi connectivity index (χ0n) is 13.2. The monoisotopic (exact) mass is 352 g/mol. The van der Waals surface area contributed by atoms with Crippen molar-refractivity contribution in [3.05, 3.63) is 36.0 Å². The fourth-order valence-corrected chi connectivity index (χ4v) is 5.46. The van der Waals surface area contributed by atoms with E-state index in [1.165, 1.54) is 11.3 Å². The van der Waals surface area contributed by atoms with Crippen LogP contribution in [0, 0.1) is 6.92 Å². The molecule has 1 aliphatic rings. The highest BCUT2D eigenvalue weighted by Crippen LogP contribution is 2.31. The van der Waals surface area contributed by atoms with Gasteiger partial charge in [0, 0.05) is 31.9 Å². The maximum absolute atomic E-state index is 12.8. The second kappa shape index (κ2) is 6.56. The van der Waals surface area contributed by atoms with Crippen LogP contribution in [0.4, 0.5) is 10.8 Å². The lowest BCUT2D eigenvalue weighted by atomic mass is 10.3. The van der Waals surface area contributed by atoms with Crippen molar-refractivity contribution in [3.63, 3.8) is 0 Å². The third-order valence-electron chi connectivity index (χ3n) is 3.82. The molecule has 1 aromatic carbocycles. The Hall–Kier alpha value is -1.48. The van der Waals surface area contributed by atoms with Crippen LogP contribution in [0.2, 0.25) is 0 Å². The van der Waals surface area contributed by atoms with Crippen molar-refractivity contribution in [1.82, 2.24) is 14.2 Å². The number of aromatic nitrogens is 1. The van der Waals surface area contributed by atoms with E-state index < -0.39 is 10.0 Å². The van der Waals surface area contributed by atoms with E-state index in [2.05, 4.69) is 15.2 Å². The Balaban J connectivity index is 1.82. The first-order chi connectivity index (χ1) is 11.0. The van der Waals surface area contributed by atoms with Crippen molar-refractivity contribution in [2.45, 2.75) is 11.1 Å². The molecular formula is C15H20N4O2S2. The normalized spacial score (nSPS) is 17.3. The van der Waals surface area contributed by atoms with Crippen molar-refractivity contribution >= 4 is 32.2 Å². The number of sulfonamides is 1. The fraction of sp³-hybridized carbons (Fsp3) is 0.400. The van der Waals surface area contributed by atoms with E-state index in [1.807, 2.05) is 37.4 Å². The fourth-order valence-electron chi connectivity index (χ4n) is 2.47. The van der Waals surface area contributed by atoms with Gasteiger partial charge in [-0.3, -0.25) is 0 Å². The molecule has 0 aliphatic carbocycles. The summed E-state index contributed by atoms with van der Waals surface area (Å²) in [6.07, 6.45) is 0. The number of anilines is 2. The lowest BCUT2D eigenvalue weighted by molar-refractivity contribution is 0.222. The van der Waals surface area contributed by atoms with E-state index in [4.69, 9.17) is 0 Å². The van der Waals surface area contributed by atoms with Gasteiger partial charge in [0.15, 0.2) is 9.34 Å². The lowest BCUT2D eigenvalue weighted by Crippen LogP contribution is -2.46. The first kappa shape index (κ1) is 16.4. The predicted molar refractivity (Wildman–Crippen MR) is 92.8 cm³/mol. The smallest absolute Gasteiger partial charge is 0.254 e. The van der Waals surface area contributed by atoms with E-state index in [0.717, 1.165) is 18.8 Å². The summed E-state index contributed by atoms with van der Waals surface area (Å²) < 4.78 is 27.6. The molecule has 0 amide bonds. The highest BCUT2D eigenvalue weighted by Gasteiger charge is 2.31. The molecule has 3 rings (SSSR count). The Bertz CT molecular complexity index is 766. The maximum atomic E-state index is 12.8. The van der Waals surface area contributed by atoms with Gasteiger partial charge in [0.25, 0.3) is 10.0 Å². The summed E-state index contributed by atoms with van der Waals surface area (Å²) in [5, 5.41) is 3.76. The van der Waals surface area contributed by atoms with Gasteiger partial charge < -0.3 is 10.2 Å². The summed E-state index contributed by atoms with van der Waals surface area (Å²) in [6.45, 7) is 4.31. The SMILES string of the molecule is Cc1nc(Nc2ccccc2)sc1S(=O)(=O)N1CCN(C)CC1. The summed E-state index contributed by atoms with van der Waals surface area (Å²) in [5.41, 5.74) is 1.44. The van der Waals surface area contributed by atoms with E-state index in [9.17, 15) is 8.42 Å². The molecule has 0 atom stereocenters. The number of para-hydroxylation sites is 1. The van der Waals surface area contributed by atoms with Crippen LogP contribution in [0.3, 0.4) is 0 Å². The standard InChI is InChI=1S/C15H20N4O2S2/c1-12-14(23(20,21)19-10-8-18(2)9-11-19)22-15(16-12)17-13-6-4-3-5-7-13/h3-7H,8-11H2,1-2H3,(H,16,17). The van der Waals surface area contributed by atoms with Gasteiger partial charge in [-0.15, -0.1) is 0 Å². The molecule has 1 aromatic heterocycles. The van der Waals surface area contributed by atoms with E-state index >= 15 is 0 Å². The molecule has 0 saturated carbocycles. The van der Waals surface area contributed by atoms with Crippen LogP contribution < -0.4 is 5.32 Å². The van der Waals surface area contributed by atoms with Crippen LogP contribution in [0.5, 0.6) is 0 Å². The van der Waals surface area contributed by atoms with E-state index in [-0.39, 0.29) is 0 Å². The summed E-state index contributed by atoms with van der Waals surface area (Å²) in [5.74, 6) is 0. The molecular weight excluding hydrogens is 332 g/mol. The number of hydrogen-bond donors (Lipinski definition) is 1. The largest absolute Gasteiger partial charge is 0.332 e. The molecule has 23 heavy (non-hydrogen) atoms. The molecule has 0 unspecified atom stereocenters. The minimum Gasteiger partial charge on any atom is -0.332 e. The van der Waals surface area contributed by atoms with Gasteiger partial charge in [0.05, 0.1) is 5.69 Å². The number of nitrogens with zero attached hydrogens (tertiary/aromatic N) is 3. The number of aryl methyl sites for hydroxylation is 1. The number of thiazole rings is 1. The van der Waals surface area contributed by atoms with E-state index in [1.54, 1.807) is 11.2 Å². The zero-order chi connectivity index (χ0) is 16.4. The summed E-state index contributed by atoms with van der Waals surface area (Å²) >= 11 is 1.19. The topological polar surface area (TPSA) is 65.5 Å². The Morgan fingerprint density at radius 2 is 1.78 bits per heavy atom. The van der Waals surface area contributed by atoms with Crippen LogP contribution >= 0.6 is 11.3 Å². The van der Waals surface area contributed by atoms with Gasteiger partial charge in [0.2, 0.25) is 0 Å². The summed E-state index contributed by atoms with van der Waals surface area (Å²) in [6, 6.07) is 9.62. The molecule has 8 heteroatoms. The average molecular weight is 352 g/mol. The summed E-state index contributed by atoms with van der Waals surface area (Å²) in [7, 11) is -1.46. The average Bonchev–Trinajstić information content (AvgIpc) is 2.90. The van der Waals surface area contributed by atoms with Crippen molar-refractivity contribution in [2.75, 3.05) is 38.5 Å². The van der Waals surface area contributed by atoms with Crippen LogP contribution in [-0.2, 0) is 10.0 Å². The van der Waals surface area contributed by atoms with Gasteiger partial charge in [-0.1, -0.05) is 29.5 Å². The molecule has 1 saturated heterocycles. The molecule has 0 bridgehead atoms. The molecule has 2 heterocycles. The highest BCUT2D eigenvalue weighted by molar-refractivity contribution is 7.91. The zero-order valence-corrected chi connectivity index (χ0v) is 14.8. The number of nitrogens with one attached hydrogen (secondary N) is 1. The minimum atomic E-state index is -3.46. The van der Waals surface area contributed by atoms with Gasteiger partial charge in [-0.2, -0.15) is 4.31 Å². The lowest BCUT2D eigenvalue weighted by Gasteiger charge is -2.31. The molecule has 124 valence electrons. The molecule has 1 fully saturated rings. The molecule has 2 aromatic rings. The van der Waals surface area contributed by atoms with Crippen LogP contribution in [0.1, 0.15) is 5.69 Å². The molecule has 0 spiro atoms.